The summed E-state index contributed by atoms with van der Waals surface area (Å²) < 4.78 is 0. The Morgan fingerprint density at radius 2 is 1.37 bits per heavy atom. The zero-order valence-corrected chi connectivity index (χ0v) is 15.0. The van der Waals surface area contributed by atoms with Crippen molar-refractivity contribution in [3.8, 4) is 0 Å². The fourth-order valence-corrected chi connectivity index (χ4v) is 3.77. The topological polar surface area (TPSA) is 12.0 Å². The first-order valence-corrected chi connectivity index (χ1v) is 8.28. The van der Waals surface area contributed by atoms with Gasteiger partial charge in [0.25, 0.3) is 0 Å². The van der Waals surface area contributed by atoms with Crippen molar-refractivity contribution in [1.82, 2.24) is 5.32 Å². The van der Waals surface area contributed by atoms with Gasteiger partial charge in [0.2, 0.25) is 0 Å². The molecule has 0 radical (unpaired) electrons. The van der Waals surface area contributed by atoms with Crippen molar-refractivity contribution < 1.29 is 0 Å². The molecule has 0 saturated carbocycles. The van der Waals surface area contributed by atoms with Crippen LogP contribution in [0.4, 0.5) is 0 Å². The quantitative estimate of drug-likeness (QED) is 0.626. The molecule has 0 saturated heterocycles. The summed E-state index contributed by atoms with van der Waals surface area (Å²) in [5, 5.41) is 3.56. The zero-order valence-electron chi connectivity index (χ0n) is 15.0. The van der Waals surface area contributed by atoms with E-state index in [2.05, 4.69) is 67.6 Å². The first kappa shape index (κ1) is 19.0. The molecule has 0 aliphatic carbocycles. The van der Waals surface area contributed by atoms with Gasteiger partial charge < -0.3 is 5.32 Å². The third kappa shape index (κ3) is 8.68. The second-order valence-corrected chi connectivity index (χ2v) is 8.44. The van der Waals surface area contributed by atoms with Crippen LogP contribution in [0.2, 0.25) is 0 Å². The lowest BCUT2D eigenvalue weighted by atomic mass is 9.70. The Bertz CT molecular complexity index is 224. The van der Waals surface area contributed by atoms with Gasteiger partial charge in [-0.25, -0.2) is 0 Å². The summed E-state index contributed by atoms with van der Waals surface area (Å²) in [6.07, 6.45) is 2.63. The molecule has 0 spiro atoms. The van der Waals surface area contributed by atoms with Crippen LogP contribution in [0.25, 0.3) is 0 Å². The molecule has 0 fully saturated rings. The third-order valence-electron chi connectivity index (χ3n) is 4.17. The lowest BCUT2D eigenvalue weighted by molar-refractivity contribution is 0.136. The fraction of sp³-hybridized carbons (Fsp3) is 1.00. The molecule has 1 nitrogen and oxygen atoms in total. The van der Waals surface area contributed by atoms with Crippen molar-refractivity contribution >= 4 is 0 Å². The predicted molar refractivity (Wildman–Crippen MR) is 88.5 cm³/mol. The van der Waals surface area contributed by atoms with Gasteiger partial charge in [0, 0.05) is 6.04 Å². The molecular formula is C18H39N. The van der Waals surface area contributed by atoms with Gasteiger partial charge in [-0.15, -0.1) is 0 Å². The molecule has 0 aliphatic heterocycles. The lowest BCUT2D eigenvalue weighted by Crippen LogP contribution is -2.31. The predicted octanol–water partition coefficient (Wildman–Crippen LogP) is 5.36. The van der Waals surface area contributed by atoms with E-state index < -0.39 is 0 Å². The monoisotopic (exact) mass is 269 g/mol. The van der Waals surface area contributed by atoms with Gasteiger partial charge in [-0.05, 0) is 48.5 Å². The summed E-state index contributed by atoms with van der Waals surface area (Å²) in [6, 6.07) is 0.608. The highest BCUT2D eigenvalue weighted by Crippen LogP contribution is 2.37. The lowest BCUT2D eigenvalue weighted by Gasteiger charge is -2.36. The Hall–Kier alpha value is -0.0400. The van der Waals surface area contributed by atoms with Crippen molar-refractivity contribution in [3.63, 3.8) is 0 Å². The maximum atomic E-state index is 3.56. The van der Waals surface area contributed by atoms with Crippen molar-refractivity contribution in [2.75, 3.05) is 6.54 Å². The Balaban J connectivity index is 4.45. The van der Waals surface area contributed by atoms with E-state index >= 15 is 0 Å². The van der Waals surface area contributed by atoms with E-state index in [4.69, 9.17) is 0 Å². The average Bonchev–Trinajstić information content (AvgIpc) is 2.12. The zero-order chi connectivity index (χ0) is 15.2. The SMILES string of the molecule is CC(C)NCCC(C)C(C(C)C)C(C)CC(C)(C)C. The van der Waals surface area contributed by atoms with Gasteiger partial charge in [0.15, 0.2) is 0 Å². The minimum absolute atomic E-state index is 0.447. The maximum absolute atomic E-state index is 3.56. The highest BCUT2D eigenvalue weighted by atomic mass is 14.9. The number of hydrogen-bond acceptors (Lipinski definition) is 1. The van der Waals surface area contributed by atoms with E-state index in [0.717, 1.165) is 30.2 Å². The van der Waals surface area contributed by atoms with Crippen LogP contribution in [0.1, 0.15) is 75.2 Å². The molecule has 116 valence electrons. The van der Waals surface area contributed by atoms with Gasteiger partial charge in [0.1, 0.15) is 0 Å². The maximum Gasteiger partial charge on any atom is 0.00103 e. The van der Waals surface area contributed by atoms with Crippen LogP contribution in [0.5, 0.6) is 0 Å². The first-order valence-electron chi connectivity index (χ1n) is 8.28. The Kier molecular flexibility index (Phi) is 8.27. The molecule has 3 atom stereocenters. The summed E-state index contributed by atoms with van der Waals surface area (Å²) in [5.74, 6) is 3.25. The molecular weight excluding hydrogens is 230 g/mol. The molecule has 0 bridgehead atoms. The molecule has 0 heterocycles. The molecule has 1 N–H and O–H groups in total. The van der Waals surface area contributed by atoms with Crippen molar-refractivity contribution in [2.24, 2.45) is 29.1 Å². The Labute approximate surface area is 122 Å². The second-order valence-electron chi connectivity index (χ2n) is 8.44. The standard InChI is InChI=1S/C18H39N/c1-13(2)17(16(6)12-18(7,8)9)15(5)10-11-19-14(3)4/h13-17,19H,10-12H2,1-9H3. The van der Waals surface area contributed by atoms with Crippen LogP contribution < -0.4 is 5.32 Å². The smallest absolute Gasteiger partial charge is 0.00103 e. The fourth-order valence-electron chi connectivity index (χ4n) is 3.77. The summed E-state index contributed by atoms with van der Waals surface area (Å²) in [7, 11) is 0. The van der Waals surface area contributed by atoms with Gasteiger partial charge >= 0.3 is 0 Å². The molecule has 0 aromatic heterocycles. The Morgan fingerprint density at radius 3 is 1.74 bits per heavy atom. The molecule has 0 aromatic rings. The third-order valence-corrected chi connectivity index (χ3v) is 4.17. The molecule has 3 unspecified atom stereocenters. The molecule has 0 aromatic carbocycles. The first-order chi connectivity index (χ1) is 8.54. The van der Waals surface area contributed by atoms with Gasteiger partial charge in [-0.2, -0.15) is 0 Å². The van der Waals surface area contributed by atoms with Crippen molar-refractivity contribution in [1.29, 1.82) is 0 Å². The highest BCUT2D eigenvalue weighted by molar-refractivity contribution is 4.79. The Morgan fingerprint density at radius 1 is 0.842 bits per heavy atom. The largest absolute Gasteiger partial charge is 0.315 e. The van der Waals surface area contributed by atoms with Gasteiger partial charge in [-0.3, -0.25) is 0 Å². The van der Waals surface area contributed by atoms with Crippen LogP contribution in [-0.4, -0.2) is 12.6 Å². The minimum atomic E-state index is 0.447. The molecule has 0 aliphatic rings. The summed E-state index contributed by atoms with van der Waals surface area (Å²) in [6.45, 7) is 22.4. The van der Waals surface area contributed by atoms with Crippen LogP contribution in [-0.2, 0) is 0 Å². The number of hydrogen-bond donors (Lipinski definition) is 1. The summed E-state index contributed by atoms with van der Waals surface area (Å²) >= 11 is 0. The van der Waals surface area contributed by atoms with Crippen LogP contribution in [0, 0.1) is 29.1 Å². The van der Waals surface area contributed by atoms with E-state index in [9.17, 15) is 0 Å². The van der Waals surface area contributed by atoms with E-state index in [1.807, 2.05) is 0 Å². The van der Waals surface area contributed by atoms with E-state index in [1.54, 1.807) is 0 Å². The number of rotatable bonds is 8. The highest BCUT2D eigenvalue weighted by Gasteiger charge is 2.29. The molecule has 0 rings (SSSR count). The minimum Gasteiger partial charge on any atom is -0.315 e. The van der Waals surface area contributed by atoms with Crippen LogP contribution >= 0.6 is 0 Å². The molecule has 1 heteroatoms. The van der Waals surface area contributed by atoms with E-state index in [-0.39, 0.29) is 0 Å². The molecule has 19 heavy (non-hydrogen) atoms. The average molecular weight is 270 g/mol. The normalized spacial score (nSPS) is 17.8. The summed E-state index contributed by atoms with van der Waals surface area (Å²) in [5.41, 5.74) is 0.447. The van der Waals surface area contributed by atoms with E-state index in [0.29, 0.717) is 11.5 Å². The van der Waals surface area contributed by atoms with Crippen LogP contribution in [0.3, 0.4) is 0 Å². The van der Waals surface area contributed by atoms with Gasteiger partial charge in [0.05, 0.1) is 0 Å². The molecule has 0 amide bonds. The number of nitrogens with one attached hydrogen (secondary N) is 1. The van der Waals surface area contributed by atoms with Crippen LogP contribution in [0.15, 0.2) is 0 Å². The second kappa shape index (κ2) is 8.29. The van der Waals surface area contributed by atoms with Crippen molar-refractivity contribution in [2.45, 2.75) is 81.2 Å². The van der Waals surface area contributed by atoms with Crippen molar-refractivity contribution in [3.05, 3.63) is 0 Å². The summed E-state index contributed by atoms with van der Waals surface area (Å²) in [4.78, 5) is 0. The van der Waals surface area contributed by atoms with Gasteiger partial charge in [-0.1, -0.05) is 62.3 Å². The van der Waals surface area contributed by atoms with E-state index in [1.165, 1.54) is 12.8 Å².